The maximum absolute atomic E-state index is 5.43. The number of hydrogen-bond acceptors (Lipinski definition) is 6. The molecule has 5 nitrogen and oxygen atoms in total. The molecule has 26 heavy (non-hydrogen) atoms. The highest BCUT2D eigenvalue weighted by atomic mass is 32.2. The van der Waals surface area contributed by atoms with Crippen molar-refractivity contribution in [1.82, 2.24) is 14.2 Å². The predicted octanol–water partition coefficient (Wildman–Crippen LogP) is 2.98. The zero-order chi connectivity index (χ0) is 17.8. The third-order valence-corrected chi connectivity index (χ3v) is 8.02. The number of aryl methyl sites for hydroxylation is 1. The van der Waals surface area contributed by atoms with Crippen molar-refractivity contribution in [3.05, 3.63) is 17.8 Å². The van der Waals surface area contributed by atoms with Crippen LogP contribution in [-0.4, -0.2) is 66.7 Å². The van der Waals surface area contributed by atoms with Gasteiger partial charge in [-0.1, -0.05) is 0 Å². The molecule has 0 atom stereocenters. The van der Waals surface area contributed by atoms with Crippen LogP contribution in [0.15, 0.2) is 17.2 Å². The smallest absolute Gasteiger partial charge is 0.228 e. The summed E-state index contributed by atoms with van der Waals surface area (Å²) in [5.41, 5.74) is 2.37. The van der Waals surface area contributed by atoms with E-state index >= 15 is 0 Å². The van der Waals surface area contributed by atoms with Crippen LogP contribution in [0.4, 0.5) is 0 Å². The molecule has 0 unspecified atom stereocenters. The molecule has 1 aromatic rings. The minimum atomic E-state index is 0.559. The van der Waals surface area contributed by atoms with Gasteiger partial charge in [0, 0.05) is 43.8 Å². The van der Waals surface area contributed by atoms with Gasteiger partial charge in [-0.15, -0.1) is 0 Å². The Bertz CT molecular complexity index is 670. The molecule has 4 fully saturated rings. The molecule has 0 N–H and O–H groups in total. The molecule has 6 heteroatoms. The zero-order valence-electron chi connectivity index (χ0n) is 15.9. The highest BCUT2D eigenvalue weighted by Crippen LogP contribution is 2.54. The summed E-state index contributed by atoms with van der Waals surface area (Å²) in [5, 5.41) is 0. The Kier molecular flexibility index (Phi) is 4.23. The minimum Gasteiger partial charge on any atom is -0.480 e. The Balaban J connectivity index is 1.11. The molecule has 4 aliphatic rings. The number of aromatic nitrogens is 1. The predicted molar refractivity (Wildman–Crippen MR) is 102 cm³/mol. The van der Waals surface area contributed by atoms with Crippen molar-refractivity contribution in [2.24, 2.45) is 10.8 Å². The van der Waals surface area contributed by atoms with Gasteiger partial charge >= 0.3 is 0 Å². The van der Waals surface area contributed by atoms with Crippen LogP contribution in [0.5, 0.6) is 5.88 Å². The molecule has 2 spiro atoms. The molecule has 0 aromatic carbocycles. The number of hydrogen-bond donors (Lipinski definition) is 0. The first-order valence-electron chi connectivity index (χ1n) is 9.84. The molecule has 1 aliphatic carbocycles. The summed E-state index contributed by atoms with van der Waals surface area (Å²) in [6.45, 7) is 9.02. The molecule has 3 aliphatic heterocycles. The van der Waals surface area contributed by atoms with Crippen molar-refractivity contribution in [2.75, 3.05) is 46.5 Å². The topological polar surface area (TPSA) is 37.8 Å². The normalized spacial score (nSPS) is 27.8. The number of nitrogens with zero attached hydrogens (tertiary/aromatic N) is 3. The van der Waals surface area contributed by atoms with Crippen molar-refractivity contribution in [2.45, 2.75) is 43.5 Å². The van der Waals surface area contributed by atoms with Crippen molar-refractivity contribution in [3.8, 4) is 5.88 Å². The minimum absolute atomic E-state index is 0.559. The first-order chi connectivity index (χ1) is 12.6. The van der Waals surface area contributed by atoms with E-state index in [0.717, 1.165) is 30.0 Å². The summed E-state index contributed by atoms with van der Waals surface area (Å²) in [4.78, 5) is 8.27. The number of piperidine rings is 1. The van der Waals surface area contributed by atoms with Crippen LogP contribution < -0.4 is 4.74 Å². The summed E-state index contributed by atoms with van der Waals surface area (Å²) >= 11 is 1.82. The maximum Gasteiger partial charge on any atom is 0.228 e. The van der Waals surface area contributed by atoms with Crippen molar-refractivity contribution in [1.29, 1.82) is 0 Å². The molecule has 4 heterocycles. The van der Waals surface area contributed by atoms with Crippen LogP contribution in [0, 0.1) is 17.8 Å². The summed E-state index contributed by atoms with van der Waals surface area (Å²) in [6.07, 6.45) is 7.37. The van der Waals surface area contributed by atoms with E-state index in [4.69, 9.17) is 9.47 Å². The van der Waals surface area contributed by atoms with Crippen LogP contribution >= 0.6 is 11.9 Å². The SMILES string of the molecule is COc1ncc(C)cc1SN1CCC2(CC1)CC(N1CC3(COC3)C1)C2. The first-order valence-corrected chi connectivity index (χ1v) is 10.6. The lowest BCUT2D eigenvalue weighted by molar-refractivity contribution is -0.215. The Morgan fingerprint density at radius 1 is 1.19 bits per heavy atom. The summed E-state index contributed by atoms with van der Waals surface area (Å²) in [5.74, 6) is 0.747. The van der Waals surface area contributed by atoms with Gasteiger partial charge in [-0.05, 0) is 61.6 Å². The number of likely N-dealkylation sites (tertiary alicyclic amines) is 1. The first kappa shape index (κ1) is 17.3. The second kappa shape index (κ2) is 6.36. The summed E-state index contributed by atoms with van der Waals surface area (Å²) in [6, 6.07) is 3.03. The van der Waals surface area contributed by atoms with Gasteiger partial charge < -0.3 is 9.47 Å². The highest BCUT2D eigenvalue weighted by Gasteiger charge is 2.55. The number of rotatable bonds is 4. The fourth-order valence-corrected chi connectivity index (χ4v) is 6.29. The van der Waals surface area contributed by atoms with Crippen LogP contribution in [-0.2, 0) is 4.74 Å². The number of ether oxygens (including phenoxy) is 2. The number of methoxy groups -OCH3 is 1. The molecule has 5 rings (SSSR count). The van der Waals surface area contributed by atoms with E-state index in [1.807, 2.05) is 18.1 Å². The Morgan fingerprint density at radius 2 is 1.92 bits per heavy atom. The van der Waals surface area contributed by atoms with Crippen LogP contribution in [0.2, 0.25) is 0 Å². The largest absolute Gasteiger partial charge is 0.480 e. The van der Waals surface area contributed by atoms with E-state index in [9.17, 15) is 0 Å². The molecule has 0 radical (unpaired) electrons. The third-order valence-electron chi connectivity index (χ3n) is 6.91. The fraction of sp³-hybridized carbons (Fsp3) is 0.750. The van der Waals surface area contributed by atoms with E-state index in [1.165, 1.54) is 57.4 Å². The van der Waals surface area contributed by atoms with Crippen LogP contribution in [0.25, 0.3) is 0 Å². The van der Waals surface area contributed by atoms with Gasteiger partial charge in [-0.3, -0.25) is 4.90 Å². The van der Waals surface area contributed by atoms with E-state index in [1.54, 1.807) is 7.11 Å². The lowest BCUT2D eigenvalue weighted by Gasteiger charge is -2.63. The van der Waals surface area contributed by atoms with Gasteiger partial charge in [0.2, 0.25) is 5.88 Å². The van der Waals surface area contributed by atoms with Gasteiger partial charge in [0.25, 0.3) is 0 Å². The molecule has 3 saturated heterocycles. The quantitative estimate of drug-likeness (QED) is 0.753. The summed E-state index contributed by atoms with van der Waals surface area (Å²) < 4.78 is 13.3. The average molecular weight is 376 g/mol. The lowest BCUT2D eigenvalue weighted by atomic mass is 9.59. The highest BCUT2D eigenvalue weighted by molar-refractivity contribution is 7.97. The second-order valence-corrected chi connectivity index (χ2v) is 10.1. The van der Waals surface area contributed by atoms with E-state index < -0.39 is 0 Å². The monoisotopic (exact) mass is 375 g/mol. The molecule has 0 amide bonds. The molecule has 0 bridgehead atoms. The van der Waals surface area contributed by atoms with E-state index in [-0.39, 0.29) is 0 Å². The van der Waals surface area contributed by atoms with Crippen LogP contribution in [0.3, 0.4) is 0 Å². The Hall–Kier alpha value is -0.820. The number of pyridine rings is 1. The van der Waals surface area contributed by atoms with Gasteiger partial charge in [0.15, 0.2) is 0 Å². The standard InChI is InChI=1S/C20H29N3O2S/c1-15-7-17(18(24-2)21-10-15)26-23-5-3-19(4-6-23)8-16(9-19)22-11-20(12-22)13-25-14-20/h7,10,16H,3-6,8-9,11-14H2,1-2H3. The van der Waals surface area contributed by atoms with Crippen molar-refractivity contribution < 1.29 is 9.47 Å². The Labute approximate surface area is 160 Å². The molecular formula is C20H29N3O2S. The molecular weight excluding hydrogens is 346 g/mol. The fourth-order valence-electron chi connectivity index (χ4n) is 5.19. The second-order valence-electron chi connectivity index (χ2n) is 9.00. The van der Waals surface area contributed by atoms with E-state index in [2.05, 4.69) is 27.2 Å². The zero-order valence-corrected chi connectivity index (χ0v) is 16.7. The van der Waals surface area contributed by atoms with Gasteiger partial charge in [-0.2, -0.15) is 0 Å². The molecule has 142 valence electrons. The average Bonchev–Trinajstić information content (AvgIpc) is 2.52. The van der Waals surface area contributed by atoms with E-state index in [0.29, 0.717) is 10.8 Å². The molecule has 1 saturated carbocycles. The lowest BCUT2D eigenvalue weighted by Crippen LogP contribution is -2.70. The van der Waals surface area contributed by atoms with Crippen LogP contribution in [0.1, 0.15) is 31.2 Å². The van der Waals surface area contributed by atoms with Gasteiger partial charge in [0.1, 0.15) is 0 Å². The van der Waals surface area contributed by atoms with Crippen molar-refractivity contribution in [3.63, 3.8) is 0 Å². The van der Waals surface area contributed by atoms with Gasteiger partial charge in [-0.25, -0.2) is 9.29 Å². The van der Waals surface area contributed by atoms with Gasteiger partial charge in [0.05, 0.1) is 25.2 Å². The third kappa shape index (κ3) is 2.95. The van der Waals surface area contributed by atoms with Crippen molar-refractivity contribution >= 4 is 11.9 Å². The maximum atomic E-state index is 5.43. The summed E-state index contributed by atoms with van der Waals surface area (Å²) in [7, 11) is 1.71. The molecule has 1 aromatic heterocycles. The Morgan fingerprint density at radius 3 is 2.54 bits per heavy atom.